The molecule has 3 rings (SSSR count). The molecule has 0 fully saturated rings. The minimum Gasteiger partial charge on any atom is -0.507 e. The van der Waals surface area contributed by atoms with Crippen molar-refractivity contribution in [2.45, 2.75) is 26.7 Å². The Balaban J connectivity index is 2.14. The van der Waals surface area contributed by atoms with E-state index >= 15 is 0 Å². The van der Waals surface area contributed by atoms with Crippen molar-refractivity contribution in [3.63, 3.8) is 0 Å². The molecule has 33 heavy (non-hydrogen) atoms. The van der Waals surface area contributed by atoms with Crippen LogP contribution in [0.2, 0.25) is 0 Å². The molecule has 0 aliphatic carbocycles. The van der Waals surface area contributed by atoms with Crippen molar-refractivity contribution in [1.82, 2.24) is 19.7 Å². The van der Waals surface area contributed by atoms with E-state index in [2.05, 4.69) is 10.2 Å². The maximum atomic E-state index is 13.2. The number of unbranched alkanes of at least 4 members (excludes halogenated alkanes) is 1. The minimum absolute atomic E-state index is 0.0863. The predicted octanol–water partition coefficient (Wildman–Crippen LogP) is 2.97. The number of hydrogen-bond donors (Lipinski definition) is 3. The molecule has 0 bridgehead atoms. The number of hydrogen-bond acceptors (Lipinski definition) is 7. The first-order chi connectivity index (χ1) is 15.9. The van der Waals surface area contributed by atoms with Crippen LogP contribution in [0.25, 0.3) is 17.1 Å². The summed E-state index contributed by atoms with van der Waals surface area (Å²) in [6.07, 6.45) is 1.74. The summed E-state index contributed by atoms with van der Waals surface area (Å²) in [5.74, 6) is -0.329. The molecule has 10 nitrogen and oxygen atoms in total. The second-order valence-electron chi connectivity index (χ2n) is 7.42. The number of ether oxygens (including phenoxy) is 1. The van der Waals surface area contributed by atoms with E-state index in [1.807, 2.05) is 26.0 Å². The molecule has 0 spiro atoms. The molecule has 0 saturated heterocycles. The second kappa shape index (κ2) is 11.1. The zero-order valence-electron chi connectivity index (χ0n) is 18.7. The fourth-order valence-electron chi connectivity index (χ4n) is 3.37. The zero-order chi connectivity index (χ0) is 24.0. The third kappa shape index (κ3) is 5.42. The van der Waals surface area contributed by atoms with Gasteiger partial charge in [0.05, 0.1) is 16.8 Å². The number of aromatic amines is 1. The van der Waals surface area contributed by atoms with Crippen LogP contribution in [0, 0.1) is 6.92 Å². The van der Waals surface area contributed by atoms with Gasteiger partial charge < -0.3 is 19.6 Å². The number of aromatic nitrogens is 3. The summed E-state index contributed by atoms with van der Waals surface area (Å²) in [6, 6.07) is 9.99. The summed E-state index contributed by atoms with van der Waals surface area (Å²) in [5.41, 5.74) is 1.29. The fraction of sp³-hybridized carbons (Fsp3) is 0.318. The van der Waals surface area contributed by atoms with Crippen molar-refractivity contribution in [2.24, 2.45) is 0 Å². The Labute approximate surface area is 192 Å². The Bertz CT molecular complexity index is 1180. The molecule has 1 unspecified atom stereocenters. The lowest BCUT2D eigenvalue weighted by molar-refractivity contribution is 0.0779. The largest absolute Gasteiger partial charge is 0.507 e. The Hall–Kier alpha value is -3.20. The van der Waals surface area contributed by atoms with E-state index in [4.69, 9.17) is 14.2 Å². The van der Waals surface area contributed by atoms with Crippen LogP contribution >= 0.6 is 9.03 Å². The SMILES string of the molecule is CCCCN(C)C(=O)c1cc(-c2n[nH]c(=O)n2-c2ccccc2C)c(O)cc1OCOPO. The van der Waals surface area contributed by atoms with E-state index in [9.17, 15) is 14.7 Å². The van der Waals surface area contributed by atoms with Crippen molar-refractivity contribution in [3.05, 3.63) is 58.0 Å². The Morgan fingerprint density at radius 3 is 2.76 bits per heavy atom. The van der Waals surface area contributed by atoms with Gasteiger partial charge in [-0.3, -0.25) is 9.32 Å². The van der Waals surface area contributed by atoms with Gasteiger partial charge in [-0.2, -0.15) is 5.10 Å². The Morgan fingerprint density at radius 1 is 1.30 bits per heavy atom. The Morgan fingerprint density at radius 2 is 2.06 bits per heavy atom. The van der Waals surface area contributed by atoms with Crippen LogP contribution < -0.4 is 10.4 Å². The number of carbonyl (C=O) groups is 1. The number of H-pyrrole nitrogens is 1. The molecule has 1 aromatic heterocycles. The molecule has 2 aromatic carbocycles. The third-order valence-corrected chi connectivity index (χ3v) is 5.38. The summed E-state index contributed by atoms with van der Waals surface area (Å²) >= 11 is 0. The maximum absolute atomic E-state index is 13.2. The number of nitrogens with zero attached hydrogens (tertiary/aromatic N) is 3. The molecule has 11 heteroatoms. The van der Waals surface area contributed by atoms with E-state index in [-0.39, 0.29) is 41.2 Å². The van der Waals surface area contributed by atoms with Gasteiger partial charge in [0.25, 0.3) is 5.91 Å². The van der Waals surface area contributed by atoms with Gasteiger partial charge in [-0.15, -0.1) is 0 Å². The number of benzene rings is 2. The molecule has 3 aromatic rings. The van der Waals surface area contributed by atoms with Crippen LogP contribution in [0.4, 0.5) is 0 Å². The zero-order valence-corrected chi connectivity index (χ0v) is 19.7. The fourth-order valence-corrected chi connectivity index (χ4v) is 3.48. The average molecular weight is 474 g/mol. The molecule has 0 aliphatic heterocycles. The molecule has 1 amide bonds. The van der Waals surface area contributed by atoms with Crippen LogP contribution in [0.3, 0.4) is 0 Å². The van der Waals surface area contributed by atoms with Gasteiger partial charge in [0.15, 0.2) is 21.7 Å². The van der Waals surface area contributed by atoms with Gasteiger partial charge in [-0.05, 0) is 31.0 Å². The highest BCUT2D eigenvalue weighted by atomic mass is 31.1. The van der Waals surface area contributed by atoms with Crippen molar-refractivity contribution >= 4 is 14.9 Å². The van der Waals surface area contributed by atoms with Gasteiger partial charge in [0.1, 0.15) is 11.5 Å². The number of phenolic OH excluding ortho intramolecular Hbond substituents is 1. The van der Waals surface area contributed by atoms with Crippen LogP contribution in [0.5, 0.6) is 11.5 Å². The second-order valence-corrected chi connectivity index (χ2v) is 7.89. The summed E-state index contributed by atoms with van der Waals surface area (Å²) in [7, 11) is 0.895. The summed E-state index contributed by atoms with van der Waals surface area (Å²) in [5, 5.41) is 17.3. The number of nitrogens with one attached hydrogen (secondary N) is 1. The van der Waals surface area contributed by atoms with E-state index in [0.717, 1.165) is 18.4 Å². The van der Waals surface area contributed by atoms with Gasteiger partial charge >= 0.3 is 5.69 Å². The lowest BCUT2D eigenvalue weighted by Crippen LogP contribution is -2.28. The van der Waals surface area contributed by atoms with Crippen molar-refractivity contribution in [2.75, 3.05) is 20.4 Å². The maximum Gasteiger partial charge on any atom is 0.348 e. The van der Waals surface area contributed by atoms with Crippen LogP contribution in [0.1, 0.15) is 35.7 Å². The normalized spacial score (nSPS) is 11.3. The summed E-state index contributed by atoms with van der Waals surface area (Å²) < 4.78 is 11.7. The summed E-state index contributed by atoms with van der Waals surface area (Å²) in [6.45, 7) is 4.12. The summed E-state index contributed by atoms with van der Waals surface area (Å²) in [4.78, 5) is 36.2. The molecule has 0 radical (unpaired) electrons. The van der Waals surface area contributed by atoms with E-state index in [1.165, 1.54) is 16.7 Å². The monoisotopic (exact) mass is 474 g/mol. The number of rotatable bonds is 10. The van der Waals surface area contributed by atoms with Crippen LogP contribution in [-0.4, -0.2) is 56.0 Å². The minimum atomic E-state index is -0.783. The number of para-hydroxylation sites is 1. The van der Waals surface area contributed by atoms with Crippen LogP contribution in [0.15, 0.2) is 41.2 Å². The number of amides is 1. The van der Waals surface area contributed by atoms with Gasteiger partial charge in [-0.1, -0.05) is 31.5 Å². The quantitative estimate of drug-likeness (QED) is 0.234. The lowest BCUT2D eigenvalue weighted by atomic mass is 10.1. The third-order valence-electron chi connectivity index (χ3n) is 5.13. The van der Waals surface area contributed by atoms with Crippen molar-refractivity contribution < 1.29 is 24.1 Å². The van der Waals surface area contributed by atoms with Gasteiger partial charge in [-0.25, -0.2) is 14.5 Å². The lowest BCUT2D eigenvalue weighted by Gasteiger charge is -2.20. The topological polar surface area (TPSA) is 130 Å². The molecular weight excluding hydrogens is 447 g/mol. The Kier molecular flexibility index (Phi) is 8.21. The van der Waals surface area contributed by atoms with Crippen LogP contribution in [-0.2, 0) is 4.52 Å². The highest BCUT2D eigenvalue weighted by molar-refractivity contribution is 7.24. The number of phenols is 1. The predicted molar refractivity (Wildman–Crippen MR) is 125 cm³/mol. The standard InChI is InChI=1S/C22H27N4O6P/c1-4-5-10-25(3)21(28)16-11-15(18(27)12-19(16)31-13-32-33-30)20-23-24-22(29)26(20)17-9-7-6-8-14(17)2/h6-9,11-12,27,30,33H,4-5,10,13H2,1-3H3,(H,24,29). The van der Waals surface area contributed by atoms with Gasteiger partial charge in [0, 0.05) is 19.7 Å². The average Bonchev–Trinajstić information content (AvgIpc) is 3.18. The highest BCUT2D eigenvalue weighted by Crippen LogP contribution is 2.36. The van der Waals surface area contributed by atoms with Crippen molar-refractivity contribution in [3.8, 4) is 28.6 Å². The van der Waals surface area contributed by atoms with Crippen molar-refractivity contribution in [1.29, 1.82) is 0 Å². The van der Waals surface area contributed by atoms with E-state index in [1.54, 1.807) is 24.1 Å². The van der Waals surface area contributed by atoms with E-state index < -0.39 is 14.7 Å². The molecule has 0 aliphatic rings. The molecule has 3 N–H and O–H groups in total. The molecule has 0 saturated carbocycles. The first kappa shape index (κ1) is 24.4. The molecule has 176 valence electrons. The first-order valence-corrected chi connectivity index (χ1v) is 11.2. The molecule has 1 heterocycles. The number of carbonyl (C=O) groups excluding carboxylic acids is 1. The molecule has 1 atom stereocenters. The molecular formula is C22H27N4O6P. The number of aryl methyl sites for hydroxylation is 1. The number of aromatic hydroxyl groups is 1. The van der Waals surface area contributed by atoms with E-state index in [0.29, 0.717) is 12.2 Å². The van der Waals surface area contributed by atoms with Gasteiger partial charge in [0.2, 0.25) is 0 Å². The first-order valence-electron chi connectivity index (χ1n) is 10.4. The highest BCUT2D eigenvalue weighted by Gasteiger charge is 2.24. The smallest absolute Gasteiger partial charge is 0.348 e.